The Labute approximate surface area is 143 Å². The van der Waals surface area contributed by atoms with Crippen LogP contribution in [0.25, 0.3) is 0 Å². The molecule has 1 N–H and O–H groups in total. The zero-order valence-corrected chi connectivity index (χ0v) is 14.4. The minimum atomic E-state index is -0.326. The van der Waals surface area contributed by atoms with Crippen LogP contribution in [0.4, 0.5) is 0 Å². The van der Waals surface area contributed by atoms with Gasteiger partial charge in [-0.25, -0.2) is 0 Å². The highest BCUT2D eigenvalue weighted by molar-refractivity contribution is 6.31. The first-order valence-corrected chi connectivity index (χ1v) is 8.28. The van der Waals surface area contributed by atoms with Crippen LogP contribution in [0.2, 0.25) is 5.02 Å². The molecule has 0 radical (unpaired) electrons. The number of aromatic nitrogens is 1. The molecule has 2 aromatic rings. The Morgan fingerprint density at radius 2 is 1.91 bits per heavy atom. The SMILES string of the molecule is CC(C)(Cc1ccccc1Cl)NC(=O)CCCc1ccccn1. The Hall–Kier alpha value is -1.87. The van der Waals surface area contributed by atoms with Gasteiger partial charge in [-0.3, -0.25) is 9.78 Å². The van der Waals surface area contributed by atoms with Gasteiger partial charge in [0.25, 0.3) is 0 Å². The number of amides is 1. The van der Waals surface area contributed by atoms with E-state index in [-0.39, 0.29) is 11.4 Å². The van der Waals surface area contributed by atoms with Gasteiger partial charge in [0.2, 0.25) is 5.91 Å². The molecular weight excluding hydrogens is 308 g/mol. The Balaban J connectivity index is 1.80. The predicted octanol–water partition coefficient (Wildman–Crippen LogP) is 4.20. The van der Waals surface area contributed by atoms with Crippen LogP contribution >= 0.6 is 11.6 Å². The van der Waals surface area contributed by atoms with Gasteiger partial charge in [0, 0.05) is 28.9 Å². The highest BCUT2D eigenvalue weighted by atomic mass is 35.5. The van der Waals surface area contributed by atoms with E-state index in [4.69, 9.17) is 11.6 Å². The number of hydrogen-bond donors (Lipinski definition) is 1. The molecule has 1 heterocycles. The molecule has 0 unspecified atom stereocenters. The van der Waals surface area contributed by atoms with Crippen LogP contribution in [0.5, 0.6) is 0 Å². The molecule has 0 bridgehead atoms. The van der Waals surface area contributed by atoms with Crippen molar-refractivity contribution < 1.29 is 4.79 Å². The summed E-state index contributed by atoms with van der Waals surface area (Å²) in [6.07, 6.45) is 4.60. The van der Waals surface area contributed by atoms with Crippen molar-refractivity contribution in [2.45, 2.75) is 45.1 Å². The summed E-state index contributed by atoms with van der Waals surface area (Å²) < 4.78 is 0. The van der Waals surface area contributed by atoms with Crippen molar-refractivity contribution in [2.75, 3.05) is 0 Å². The summed E-state index contributed by atoms with van der Waals surface area (Å²) in [6.45, 7) is 4.04. The fourth-order valence-corrected chi connectivity index (χ4v) is 2.78. The molecule has 3 nitrogen and oxygen atoms in total. The number of carbonyl (C=O) groups is 1. The second-order valence-corrected chi connectivity index (χ2v) is 6.78. The van der Waals surface area contributed by atoms with E-state index in [1.54, 1.807) is 6.20 Å². The molecule has 1 aromatic carbocycles. The number of nitrogens with zero attached hydrogens (tertiary/aromatic N) is 1. The molecule has 2 rings (SSSR count). The zero-order valence-electron chi connectivity index (χ0n) is 13.7. The number of hydrogen-bond acceptors (Lipinski definition) is 2. The first-order chi connectivity index (χ1) is 11.0. The number of benzene rings is 1. The summed E-state index contributed by atoms with van der Waals surface area (Å²) in [5, 5.41) is 3.84. The van der Waals surface area contributed by atoms with E-state index in [2.05, 4.69) is 10.3 Å². The van der Waals surface area contributed by atoms with Crippen LogP contribution in [0.15, 0.2) is 48.7 Å². The quantitative estimate of drug-likeness (QED) is 0.826. The van der Waals surface area contributed by atoms with Crippen LogP contribution < -0.4 is 5.32 Å². The molecule has 1 amide bonds. The van der Waals surface area contributed by atoms with E-state index < -0.39 is 0 Å². The van der Waals surface area contributed by atoms with Crippen LogP contribution in [-0.2, 0) is 17.6 Å². The fourth-order valence-electron chi connectivity index (χ4n) is 2.58. The molecule has 0 aliphatic rings. The lowest BCUT2D eigenvalue weighted by molar-refractivity contribution is -0.122. The van der Waals surface area contributed by atoms with Gasteiger partial charge in [-0.05, 0) is 56.9 Å². The Bertz CT molecular complexity index is 641. The average Bonchev–Trinajstić information content (AvgIpc) is 2.50. The summed E-state index contributed by atoms with van der Waals surface area (Å²) in [6, 6.07) is 13.6. The first-order valence-electron chi connectivity index (χ1n) is 7.91. The fraction of sp³-hybridized carbons (Fsp3) is 0.368. The summed E-state index contributed by atoms with van der Waals surface area (Å²) in [4.78, 5) is 16.4. The first kappa shape index (κ1) is 17.5. The lowest BCUT2D eigenvalue weighted by Gasteiger charge is -2.27. The van der Waals surface area contributed by atoms with Gasteiger partial charge in [0.05, 0.1) is 0 Å². The molecule has 0 saturated carbocycles. The number of nitrogens with one attached hydrogen (secondary N) is 1. The van der Waals surface area contributed by atoms with Gasteiger partial charge in [0.1, 0.15) is 0 Å². The smallest absolute Gasteiger partial charge is 0.220 e. The van der Waals surface area contributed by atoms with Gasteiger partial charge in [-0.15, -0.1) is 0 Å². The second kappa shape index (κ2) is 8.11. The van der Waals surface area contributed by atoms with E-state index >= 15 is 0 Å². The van der Waals surface area contributed by atoms with Crippen molar-refractivity contribution in [3.05, 3.63) is 64.9 Å². The lowest BCUT2D eigenvalue weighted by atomic mass is 9.94. The molecule has 0 saturated heterocycles. The highest BCUT2D eigenvalue weighted by Gasteiger charge is 2.21. The van der Waals surface area contributed by atoms with E-state index in [0.717, 1.165) is 29.1 Å². The van der Waals surface area contributed by atoms with E-state index in [9.17, 15) is 4.79 Å². The van der Waals surface area contributed by atoms with Gasteiger partial charge in [0.15, 0.2) is 0 Å². The average molecular weight is 331 g/mol. The maximum Gasteiger partial charge on any atom is 0.220 e. The van der Waals surface area contributed by atoms with Crippen molar-refractivity contribution in [2.24, 2.45) is 0 Å². The molecule has 4 heteroatoms. The molecule has 23 heavy (non-hydrogen) atoms. The number of carbonyl (C=O) groups excluding carboxylic acids is 1. The molecule has 122 valence electrons. The number of rotatable bonds is 7. The topological polar surface area (TPSA) is 42.0 Å². The standard InChI is InChI=1S/C19H23ClN2O/c1-19(2,14-15-8-3-4-11-17(15)20)22-18(23)12-7-10-16-9-5-6-13-21-16/h3-6,8-9,11,13H,7,10,12,14H2,1-2H3,(H,22,23). The Morgan fingerprint density at radius 1 is 1.17 bits per heavy atom. The van der Waals surface area contributed by atoms with Crippen molar-refractivity contribution in [3.8, 4) is 0 Å². The van der Waals surface area contributed by atoms with Gasteiger partial charge >= 0.3 is 0 Å². The minimum absolute atomic E-state index is 0.0676. The second-order valence-electron chi connectivity index (χ2n) is 6.37. The van der Waals surface area contributed by atoms with Crippen LogP contribution in [0, 0.1) is 0 Å². The van der Waals surface area contributed by atoms with E-state index in [1.165, 1.54) is 0 Å². The highest BCUT2D eigenvalue weighted by Crippen LogP contribution is 2.21. The molecule has 0 fully saturated rings. The van der Waals surface area contributed by atoms with Gasteiger partial charge in [-0.2, -0.15) is 0 Å². The molecule has 1 aromatic heterocycles. The zero-order chi connectivity index (χ0) is 16.7. The summed E-state index contributed by atoms with van der Waals surface area (Å²) >= 11 is 6.20. The molecule has 0 atom stereocenters. The lowest BCUT2D eigenvalue weighted by Crippen LogP contribution is -2.45. The van der Waals surface area contributed by atoms with Crippen molar-refractivity contribution in [1.82, 2.24) is 10.3 Å². The Kier molecular flexibility index (Phi) is 6.17. The number of pyridine rings is 1. The molecule has 0 spiro atoms. The van der Waals surface area contributed by atoms with Crippen molar-refractivity contribution >= 4 is 17.5 Å². The largest absolute Gasteiger partial charge is 0.351 e. The third kappa shape index (κ3) is 6.03. The summed E-state index contributed by atoms with van der Waals surface area (Å²) in [7, 11) is 0. The van der Waals surface area contributed by atoms with Crippen LogP contribution in [-0.4, -0.2) is 16.4 Å². The normalized spacial score (nSPS) is 11.3. The van der Waals surface area contributed by atoms with Gasteiger partial charge < -0.3 is 5.32 Å². The van der Waals surface area contributed by atoms with Crippen LogP contribution in [0.3, 0.4) is 0 Å². The molecular formula is C19H23ClN2O. The van der Waals surface area contributed by atoms with Crippen LogP contribution in [0.1, 0.15) is 37.9 Å². The maximum absolute atomic E-state index is 12.2. The summed E-state index contributed by atoms with van der Waals surface area (Å²) in [5.74, 6) is 0.0676. The third-order valence-corrected chi connectivity index (χ3v) is 4.00. The van der Waals surface area contributed by atoms with E-state index in [1.807, 2.05) is 56.3 Å². The maximum atomic E-state index is 12.2. The van der Waals surface area contributed by atoms with Gasteiger partial charge in [-0.1, -0.05) is 35.9 Å². The van der Waals surface area contributed by atoms with Crippen molar-refractivity contribution in [3.63, 3.8) is 0 Å². The summed E-state index contributed by atoms with van der Waals surface area (Å²) in [5.41, 5.74) is 1.75. The third-order valence-electron chi connectivity index (χ3n) is 3.63. The minimum Gasteiger partial charge on any atom is -0.351 e. The molecule has 0 aliphatic carbocycles. The number of aryl methyl sites for hydroxylation is 1. The van der Waals surface area contributed by atoms with E-state index in [0.29, 0.717) is 12.8 Å². The monoisotopic (exact) mass is 330 g/mol. The molecule has 0 aliphatic heterocycles. The van der Waals surface area contributed by atoms with Crippen molar-refractivity contribution in [1.29, 1.82) is 0 Å². The predicted molar refractivity (Wildman–Crippen MR) is 94.6 cm³/mol. The Morgan fingerprint density at radius 3 is 2.61 bits per heavy atom. The number of halogens is 1.